The monoisotopic (exact) mass is 1140 g/mol. The molecule has 0 aliphatic carbocycles. The minimum atomic E-state index is -1.53. The van der Waals surface area contributed by atoms with E-state index in [1.807, 2.05) is 0 Å². The number of phenols is 1. The molecule has 22 N–H and O–H groups in total. The molecule has 82 heavy (non-hydrogen) atoms. The molecule has 0 spiro atoms. The number of nitrogens with two attached hydrogens (primary N) is 6. The van der Waals surface area contributed by atoms with Gasteiger partial charge in [-0.2, -0.15) is 0 Å². The molecule has 0 bridgehead atoms. The fraction of sp³-hybridized carbons (Fsp3) is 0.444. The molecule has 3 aromatic carbocycles. The molecular formula is C54H78N16O12. The Morgan fingerprint density at radius 2 is 0.890 bits per heavy atom. The number of aliphatic carboxylic acids is 1. The van der Waals surface area contributed by atoms with Crippen LogP contribution in [0.4, 0.5) is 0 Å². The van der Waals surface area contributed by atoms with E-state index in [9.17, 15) is 58.2 Å². The fourth-order valence-electron chi connectivity index (χ4n) is 8.04. The first-order valence-electron chi connectivity index (χ1n) is 26.5. The van der Waals surface area contributed by atoms with E-state index < -0.39 is 121 Å². The molecule has 0 aliphatic heterocycles. The SMILES string of the molecule is CC(C)C[C@H](NC(=O)[C@H](Cc1ccccc1)NC(=O)CNC(=O)CNC(=O)[C@@H](N)Cc1ccc(O)cc1)C(=O)N[C@@H](CCCN=C(N)N)C(=O)N[C@@H](CCCN=C(N)N)C(=O)N[C@@H](CCC(N)=O)C(=O)N[C@@H](Cc1ccccc1)C(=O)O. The second-order valence-corrected chi connectivity index (χ2v) is 19.6. The molecule has 0 heterocycles. The maximum atomic E-state index is 14.4. The number of carbonyl (C=O) groups excluding carboxylic acids is 9. The number of guanidine groups is 2. The average Bonchev–Trinajstić information content (AvgIpc) is 3.48. The van der Waals surface area contributed by atoms with Crippen molar-refractivity contribution in [1.29, 1.82) is 0 Å². The number of phenolic OH excluding ortho intramolecular Hbond substituents is 1. The van der Waals surface area contributed by atoms with Crippen molar-refractivity contribution in [2.75, 3.05) is 26.2 Å². The molecule has 0 radical (unpaired) electrons. The number of hydrogen-bond acceptors (Lipinski definition) is 14. The van der Waals surface area contributed by atoms with Gasteiger partial charge in [0.25, 0.3) is 0 Å². The van der Waals surface area contributed by atoms with Gasteiger partial charge in [0.1, 0.15) is 42.0 Å². The number of primary amides is 1. The lowest BCUT2D eigenvalue weighted by molar-refractivity contribution is -0.142. The Kier molecular flexibility index (Phi) is 28.8. The number of carboxylic acids is 1. The topological polar surface area (TPSA) is 488 Å². The number of amides is 9. The molecule has 446 valence electrons. The number of hydrogen-bond donors (Lipinski definition) is 16. The van der Waals surface area contributed by atoms with Gasteiger partial charge in [0.2, 0.25) is 53.2 Å². The van der Waals surface area contributed by atoms with Gasteiger partial charge in [-0.1, -0.05) is 86.6 Å². The maximum absolute atomic E-state index is 14.4. The Morgan fingerprint density at radius 1 is 0.476 bits per heavy atom. The molecule has 0 fully saturated rings. The molecule has 28 nitrogen and oxygen atoms in total. The van der Waals surface area contributed by atoms with Gasteiger partial charge in [0.15, 0.2) is 11.9 Å². The molecule has 0 saturated carbocycles. The predicted octanol–water partition coefficient (Wildman–Crippen LogP) is -3.61. The van der Waals surface area contributed by atoms with Gasteiger partial charge >= 0.3 is 5.97 Å². The highest BCUT2D eigenvalue weighted by molar-refractivity contribution is 5.97. The van der Waals surface area contributed by atoms with Crippen molar-refractivity contribution in [2.45, 2.75) is 120 Å². The number of nitrogens with one attached hydrogen (secondary N) is 8. The summed E-state index contributed by atoms with van der Waals surface area (Å²) in [5.41, 5.74) is 35.4. The van der Waals surface area contributed by atoms with E-state index in [4.69, 9.17) is 34.4 Å². The van der Waals surface area contributed by atoms with Gasteiger partial charge in [-0.3, -0.25) is 53.1 Å². The first-order valence-corrected chi connectivity index (χ1v) is 26.5. The molecule has 0 saturated heterocycles. The van der Waals surface area contributed by atoms with Gasteiger partial charge in [0, 0.05) is 32.4 Å². The van der Waals surface area contributed by atoms with Crippen LogP contribution in [0.15, 0.2) is 94.9 Å². The summed E-state index contributed by atoms with van der Waals surface area (Å²) >= 11 is 0. The Hall–Kier alpha value is -9.34. The third-order valence-electron chi connectivity index (χ3n) is 12.2. The average molecular weight is 1140 g/mol. The summed E-state index contributed by atoms with van der Waals surface area (Å²) in [6, 6.07) is 13.5. The second-order valence-electron chi connectivity index (χ2n) is 19.6. The summed E-state index contributed by atoms with van der Waals surface area (Å²) in [7, 11) is 0. The highest BCUT2D eigenvalue weighted by Crippen LogP contribution is 2.13. The molecule has 9 amide bonds. The van der Waals surface area contributed by atoms with Gasteiger partial charge in [-0.05, 0) is 79.7 Å². The quantitative estimate of drug-likeness (QED) is 0.0152. The Labute approximate surface area is 474 Å². The first kappa shape index (κ1) is 66.9. The zero-order chi connectivity index (χ0) is 60.7. The summed E-state index contributed by atoms with van der Waals surface area (Å²) in [5, 5.41) is 39.8. The van der Waals surface area contributed by atoms with Crippen LogP contribution in [-0.4, -0.2) is 150 Å². The number of nitrogens with zero attached hydrogens (tertiary/aromatic N) is 2. The van der Waals surface area contributed by atoms with E-state index in [1.54, 1.807) is 86.6 Å². The lowest BCUT2D eigenvalue weighted by Gasteiger charge is -2.28. The molecule has 0 unspecified atom stereocenters. The third-order valence-corrected chi connectivity index (χ3v) is 12.2. The standard InChI is InChI=1S/C54H78N16O12/c1-31(2)25-40(69-51(80)41(27-32-11-5-3-6-12-32)65-45(74)30-63-44(73)29-64-46(75)36(55)26-34-17-19-35(71)20-18-34)50(79)67-38(16-10-24-62-54(59)60)47(76)66-37(15-9-23-61-53(57)58)48(77)68-39(21-22-43(56)72)49(78)70-42(52(81)82)28-33-13-7-4-8-14-33/h3-8,11-14,17-20,31,36-42,71H,9-10,15-16,21-30,55H2,1-2H3,(H2,56,72)(H,63,73)(H,64,75)(H,65,74)(H,66,76)(H,67,79)(H,68,77)(H,69,80)(H,70,78)(H,81,82)(H4,57,58,61)(H4,59,60,62)/t36-,37-,38-,39-,40-,41-,42-/m0/s1. The summed E-state index contributed by atoms with van der Waals surface area (Å²) in [5.74, 6) is -9.59. The lowest BCUT2D eigenvalue weighted by Crippen LogP contribution is -2.60. The van der Waals surface area contributed by atoms with E-state index in [0.717, 1.165) is 0 Å². The van der Waals surface area contributed by atoms with Gasteiger partial charge in [-0.25, -0.2) is 4.79 Å². The minimum Gasteiger partial charge on any atom is -0.508 e. The van der Waals surface area contributed by atoms with Crippen molar-refractivity contribution in [3.63, 3.8) is 0 Å². The third kappa shape index (κ3) is 26.5. The first-order chi connectivity index (χ1) is 38.9. The predicted molar refractivity (Wildman–Crippen MR) is 303 cm³/mol. The molecule has 28 heteroatoms. The van der Waals surface area contributed by atoms with E-state index in [-0.39, 0.29) is 94.5 Å². The van der Waals surface area contributed by atoms with Crippen molar-refractivity contribution < 1.29 is 58.2 Å². The number of carboxylic acid groups (broad SMARTS) is 1. The molecule has 3 rings (SSSR count). The van der Waals surface area contributed by atoms with Crippen LogP contribution < -0.4 is 76.9 Å². The normalized spacial score (nSPS) is 13.4. The van der Waals surface area contributed by atoms with Crippen molar-refractivity contribution >= 4 is 71.1 Å². The second kappa shape index (κ2) is 35.3. The minimum absolute atomic E-state index is 0.00103. The van der Waals surface area contributed by atoms with Crippen molar-refractivity contribution in [2.24, 2.45) is 50.3 Å². The van der Waals surface area contributed by atoms with Gasteiger partial charge in [-0.15, -0.1) is 0 Å². The van der Waals surface area contributed by atoms with Gasteiger partial charge < -0.3 is 87.1 Å². The summed E-state index contributed by atoms with van der Waals surface area (Å²) in [6.07, 6.45) is -0.928. The van der Waals surface area contributed by atoms with Crippen molar-refractivity contribution in [1.82, 2.24) is 42.5 Å². The number of benzene rings is 3. The maximum Gasteiger partial charge on any atom is 0.326 e. The lowest BCUT2D eigenvalue weighted by atomic mass is 10.00. The molecule has 0 aliphatic rings. The highest BCUT2D eigenvalue weighted by Gasteiger charge is 2.34. The van der Waals surface area contributed by atoms with Crippen LogP contribution in [0.5, 0.6) is 5.75 Å². The van der Waals surface area contributed by atoms with Crippen LogP contribution >= 0.6 is 0 Å². The van der Waals surface area contributed by atoms with Gasteiger partial charge in [0.05, 0.1) is 19.1 Å². The number of carbonyl (C=O) groups is 10. The summed E-state index contributed by atoms with van der Waals surface area (Å²) in [4.78, 5) is 142. The van der Waals surface area contributed by atoms with E-state index >= 15 is 0 Å². The summed E-state index contributed by atoms with van der Waals surface area (Å²) in [6.45, 7) is 2.39. The molecule has 3 aromatic rings. The number of aliphatic imine (C=N–C) groups is 2. The smallest absolute Gasteiger partial charge is 0.326 e. The van der Waals surface area contributed by atoms with Crippen molar-refractivity contribution in [3.8, 4) is 5.75 Å². The largest absolute Gasteiger partial charge is 0.508 e. The Balaban J connectivity index is 1.85. The Bertz CT molecular complexity index is 2670. The van der Waals surface area contributed by atoms with E-state index in [1.165, 1.54) is 12.1 Å². The Morgan fingerprint density at radius 3 is 1.35 bits per heavy atom. The van der Waals surface area contributed by atoms with Crippen LogP contribution in [-0.2, 0) is 67.2 Å². The van der Waals surface area contributed by atoms with Crippen LogP contribution in [0, 0.1) is 5.92 Å². The van der Waals surface area contributed by atoms with Crippen LogP contribution in [0.3, 0.4) is 0 Å². The van der Waals surface area contributed by atoms with Crippen molar-refractivity contribution in [3.05, 3.63) is 102 Å². The van der Waals surface area contributed by atoms with E-state index in [0.29, 0.717) is 16.7 Å². The number of rotatable bonds is 36. The summed E-state index contributed by atoms with van der Waals surface area (Å²) < 4.78 is 0. The molecule has 0 aromatic heterocycles. The zero-order valence-electron chi connectivity index (χ0n) is 45.9. The van der Waals surface area contributed by atoms with Crippen LogP contribution in [0.1, 0.15) is 75.5 Å². The number of aromatic hydroxyl groups is 1. The van der Waals surface area contributed by atoms with E-state index in [2.05, 4.69) is 52.5 Å². The fourth-order valence-corrected chi connectivity index (χ4v) is 8.04. The van der Waals surface area contributed by atoms with Crippen LogP contribution in [0.2, 0.25) is 0 Å². The van der Waals surface area contributed by atoms with Crippen LogP contribution in [0.25, 0.3) is 0 Å². The molecule has 7 atom stereocenters. The molecular weight excluding hydrogens is 1060 g/mol. The highest BCUT2D eigenvalue weighted by atomic mass is 16.4. The zero-order valence-corrected chi connectivity index (χ0v) is 45.9.